The van der Waals surface area contributed by atoms with E-state index in [0.717, 1.165) is 0 Å². The topological polar surface area (TPSA) is 55.4 Å². The van der Waals surface area contributed by atoms with E-state index in [0.29, 0.717) is 28.5 Å². The van der Waals surface area contributed by atoms with Gasteiger partial charge in [-0.2, -0.15) is 0 Å². The fraction of sp³-hybridized carbons (Fsp3) is 0.222. The second-order valence-electron chi connectivity index (χ2n) is 4.87. The van der Waals surface area contributed by atoms with Crippen molar-refractivity contribution in [1.29, 1.82) is 0 Å². The first-order valence-electron chi connectivity index (χ1n) is 7.54. The predicted octanol–water partition coefficient (Wildman–Crippen LogP) is 4.12. The van der Waals surface area contributed by atoms with Crippen molar-refractivity contribution in [2.75, 3.05) is 17.7 Å². The minimum Gasteiger partial charge on any atom is -0.462 e. The number of nitrogens with one attached hydrogen (secondary N) is 1. The normalized spacial score (nSPS) is 10.2. The van der Waals surface area contributed by atoms with Crippen molar-refractivity contribution in [2.24, 2.45) is 0 Å². The molecule has 0 heterocycles. The minimum atomic E-state index is -0.392. The van der Waals surface area contributed by atoms with Gasteiger partial charge in [-0.25, -0.2) is 9.18 Å². The first-order chi connectivity index (χ1) is 11.6. The van der Waals surface area contributed by atoms with Gasteiger partial charge < -0.3 is 10.1 Å². The predicted molar refractivity (Wildman–Crippen MR) is 92.8 cm³/mol. The van der Waals surface area contributed by atoms with E-state index >= 15 is 0 Å². The van der Waals surface area contributed by atoms with Crippen LogP contribution in [0.25, 0.3) is 0 Å². The number of ether oxygens (including phenoxy) is 1. The van der Waals surface area contributed by atoms with E-state index in [1.165, 1.54) is 17.8 Å². The van der Waals surface area contributed by atoms with Crippen molar-refractivity contribution in [3.8, 4) is 0 Å². The molecule has 0 spiro atoms. The van der Waals surface area contributed by atoms with Crippen LogP contribution in [0.4, 0.5) is 10.1 Å². The molecule has 0 aliphatic rings. The zero-order valence-corrected chi connectivity index (χ0v) is 14.1. The Kier molecular flexibility index (Phi) is 6.81. The Hall–Kier alpha value is -2.34. The smallest absolute Gasteiger partial charge is 0.338 e. The molecule has 0 saturated heterocycles. The highest BCUT2D eigenvalue weighted by Gasteiger charge is 2.08. The van der Waals surface area contributed by atoms with Gasteiger partial charge in [0.15, 0.2) is 0 Å². The lowest BCUT2D eigenvalue weighted by Gasteiger charge is -2.07. The molecule has 0 bridgehead atoms. The van der Waals surface area contributed by atoms with Crippen LogP contribution in [0.3, 0.4) is 0 Å². The van der Waals surface area contributed by atoms with Crippen molar-refractivity contribution in [2.45, 2.75) is 18.2 Å². The average Bonchev–Trinajstić information content (AvgIpc) is 2.57. The molecule has 4 nitrogen and oxygen atoms in total. The van der Waals surface area contributed by atoms with Gasteiger partial charge in [0.1, 0.15) is 5.82 Å². The van der Waals surface area contributed by atoms with Gasteiger partial charge in [-0.1, -0.05) is 12.1 Å². The highest BCUT2D eigenvalue weighted by Crippen LogP contribution is 2.22. The number of hydrogen-bond acceptors (Lipinski definition) is 4. The number of hydrogen-bond donors (Lipinski definition) is 1. The molecule has 2 aromatic carbocycles. The number of halogens is 1. The summed E-state index contributed by atoms with van der Waals surface area (Å²) < 4.78 is 18.4. The van der Waals surface area contributed by atoms with Crippen LogP contribution in [0.1, 0.15) is 23.7 Å². The molecule has 0 aliphatic carbocycles. The van der Waals surface area contributed by atoms with Crippen LogP contribution in [-0.4, -0.2) is 24.2 Å². The molecule has 0 fully saturated rings. The number of rotatable bonds is 7. The molecule has 0 radical (unpaired) electrons. The van der Waals surface area contributed by atoms with E-state index in [4.69, 9.17) is 4.74 Å². The van der Waals surface area contributed by atoms with Crippen LogP contribution >= 0.6 is 11.8 Å². The van der Waals surface area contributed by atoms with Crippen LogP contribution in [0.15, 0.2) is 53.4 Å². The maximum absolute atomic E-state index is 13.5. The summed E-state index contributed by atoms with van der Waals surface area (Å²) >= 11 is 1.30. The Morgan fingerprint density at radius 1 is 1.12 bits per heavy atom. The second kappa shape index (κ2) is 9.08. The minimum absolute atomic E-state index is 0.164. The molecule has 2 aromatic rings. The first-order valence-corrected chi connectivity index (χ1v) is 8.53. The SMILES string of the molecule is CCOC(=O)c1ccc(NC(=O)CCSc2ccccc2F)cc1. The molecule has 126 valence electrons. The quantitative estimate of drug-likeness (QED) is 0.604. The molecule has 2 rings (SSSR count). The molecule has 1 N–H and O–H groups in total. The molecule has 1 amide bonds. The number of thioether (sulfide) groups is 1. The Labute approximate surface area is 144 Å². The van der Waals surface area contributed by atoms with E-state index in [2.05, 4.69) is 5.32 Å². The number of carbonyl (C=O) groups is 2. The largest absolute Gasteiger partial charge is 0.462 e. The van der Waals surface area contributed by atoms with Gasteiger partial charge in [-0.3, -0.25) is 4.79 Å². The van der Waals surface area contributed by atoms with Gasteiger partial charge in [-0.15, -0.1) is 11.8 Å². The van der Waals surface area contributed by atoms with Gasteiger partial charge in [-0.05, 0) is 43.3 Å². The highest BCUT2D eigenvalue weighted by atomic mass is 32.2. The van der Waals surface area contributed by atoms with E-state index in [1.807, 2.05) is 0 Å². The van der Waals surface area contributed by atoms with Crippen LogP contribution < -0.4 is 5.32 Å². The monoisotopic (exact) mass is 347 g/mol. The summed E-state index contributed by atoms with van der Waals surface area (Å²) in [6, 6.07) is 13.0. The fourth-order valence-electron chi connectivity index (χ4n) is 1.94. The maximum atomic E-state index is 13.5. The van der Waals surface area contributed by atoms with Crippen molar-refractivity contribution in [1.82, 2.24) is 0 Å². The average molecular weight is 347 g/mol. The van der Waals surface area contributed by atoms with Gasteiger partial charge >= 0.3 is 5.97 Å². The van der Waals surface area contributed by atoms with Crippen LogP contribution in [0.2, 0.25) is 0 Å². The molecule has 0 atom stereocenters. The Balaban J connectivity index is 1.80. The lowest BCUT2D eigenvalue weighted by Crippen LogP contribution is -2.12. The molecule has 0 unspecified atom stereocenters. The molecule has 0 aromatic heterocycles. The van der Waals surface area contributed by atoms with E-state index < -0.39 is 5.97 Å². The molecule has 0 aliphatic heterocycles. The molecule has 0 saturated carbocycles. The number of benzene rings is 2. The number of amides is 1. The summed E-state index contributed by atoms with van der Waals surface area (Å²) in [5.41, 5.74) is 1.04. The van der Waals surface area contributed by atoms with Gasteiger partial charge in [0.05, 0.1) is 12.2 Å². The van der Waals surface area contributed by atoms with E-state index in [-0.39, 0.29) is 18.1 Å². The molecule has 6 heteroatoms. The standard InChI is InChI=1S/C18H18FNO3S/c1-2-23-18(22)13-7-9-14(10-8-13)20-17(21)11-12-24-16-6-4-3-5-15(16)19/h3-10H,2,11-12H2,1H3,(H,20,21). The van der Waals surface area contributed by atoms with Gasteiger partial charge in [0.25, 0.3) is 0 Å². The highest BCUT2D eigenvalue weighted by molar-refractivity contribution is 7.99. The third-order valence-corrected chi connectivity index (χ3v) is 4.15. The van der Waals surface area contributed by atoms with Crippen molar-refractivity contribution in [3.63, 3.8) is 0 Å². The zero-order chi connectivity index (χ0) is 17.4. The van der Waals surface area contributed by atoms with Gasteiger partial charge in [0, 0.05) is 22.8 Å². The van der Waals surface area contributed by atoms with E-state index in [9.17, 15) is 14.0 Å². The summed E-state index contributed by atoms with van der Waals surface area (Å²) in [5, 5.41) is 2.74. The van der Waals surface area contributed by atoms with Crippen molar-refractivity contribution < 1.29 is 18.7 Å². The maximum Gasteiger partial charge on any atom is 0.338 e. The van der Waals surface area contributed by atoms with Crippen LogP contribution in [-0.2, 0) is 9.53 Å². The lowest BCUT2D eigenvalue weighted by atomic mass is 10.2. The molecular formula is C18H18FNO3S. The summed E-state index contributed by atoms with van der Waals surface area (Å²) in [7, 11) is 0. The van der Waals surface area contributed by atoms with Gasteiger partial charge in [0.2, 0.25) is 5.91 Å². The fourth-order valence-corrected chi connectivity index (χ4v) is 2.83. The van der Waals surface area contributed by atoms with E-state index in [1.54, 1.807) is 49.4 Å². The Bertz CT molecular complexity index is 704. The van der Waals surface area contributed by atoms with Crippen LogP contribution in [0, 0.1) is 5.82 Å². The Morgan fingerprint density at radius 2 is 1.83 bits per heavy atom. The second-order valence-corrected chi connectivity index (χ2v) is 6.01. The van der Waals surface area contributed by atoms with Crippen molar-refractivity contribution >= 4 is 29.3 Å². The third-order valence-electron chi connectivity index (χ3n) is 3.10. The Morgan fingerprint density at radius 3 is 2.50 bits per heavy atom. The summed E-state index contributed by atoms with van der Waals surface area (Å²) in [5.74, 6) is -0.356. The first kappa shape index (κ1) is 18.0. The number of carbonyl (C=O) groups excluding carboxylic acids is 2. The zero-order valence-electron chi connectivity index (χ0n) is 13.3. The van der Waals surface area contributed by atoms with Crippen molar-refractivity contribution in [3.05, 3.63) is 59.9 Å². The molecular weight excluding hydrogens is 329 g/mol. The third kappa shape index (κ3) is 5.38. The molecule has 24 heavy (non-hydrogen) atoms. The number of esters is 1. The summed E-state index contributed by atoms with van der Waals surface area (Å²) in [4.78, 5) is 24.0. The number of anilines is 1. The lowest BCUT2D eigenvalue weighted by molar-refractivity contribution is -0.115. The summed E-state index contributed by atoms with van der Waals surface area (Å²) in [6.45, 7) is 2.06. The summed E-state index contributed by atoms with van der Waals surface area (Å²) in [6.07, 6.45) is 0.263. The van der Waals surface area contributed by atoms with Crippen LogP contribution in [0.5, 0.6) is 0 Å².